The number of phenols is 1. The zero-order valence-electron chi connectivity index (χ0n) is 20.4. The highest BCUT2D eigenvalue weighted by Crippen LogP contribution is 2.12. The first-order chi connectivity index (χ1) is 16.8. The highest BCUT2D eigenvalue weighted by atomic mass is 16.4. The predicted molar refractivity (Wildman–Crippen MR) is 128 cm³/mol. The molecule has 0 aliphatic heterocycles. The fourth-order valence-electron chi connectivity index (χ4n) is 3.18. The van der Waals surface area contributed by atoms with Gasteiger partial charge in [-0.15, -0.1) is 0 Å². The van der Waals surface area contributed by atoms with Crippen molar-refractivity contribution in [2.45, 2.75) is 70.3 Å². The topological polar surface area (TPSA) is 234 Å². The number of carbonyl (C=O) groups is 5. The molecule has 0 bridgehead atoms. The van der Waals surface area contributed by atoms with Gasteiger partial charge in [0.25, 0.3) is 0 Å². The van der Waals surface area contributed by atoms with Crippen molar-refractivity contribution in [2.24, 2.45) is 17.4 Å². The average Bonchev–Trinajstić information content (AvgIpc) is 2.81. The second kappa shape index (κ2) is 14.0. The Hall–Kier alpha value is -3.71. The number of hydrogen-bond acceptors (Lipinski definition) is 8. The van der Waals surface area contributed by atoms with Crippen LogP contribution in [0.2, 0.25) is 0 Å². The summed E-state index contributed by atoms with van der Waals surface area (Å²) in [7, 11) is 0. The molecule has 13 heteroatoms. The number of amides is 4. The van der Waals surface area contributed by atoms with Crippen LogP contribution in [-0.4, -0.2) is 75.2 Å². The quantitative estimate of drug-likeness (QED) is 0.140. The molecule has 0 radical (unpaired) electrons. The van der Waals surface area contributed by atoms with Crippen LogP contribution in [0.15, 0.2) is 24.3 Å². The first kappa shape index (κ1) is 30.3. The molecular formula is C23H35N5O8. The van der Waals surface area contributed by atoms with Crippen LogP contribution in [0, 0.1) is 5.92 Å². The molecule has 6 unspecified atom stereocenters. The van der Waals surface area contributed by atoms with Crippen LogP contribution in [0.1, 0.15) is 39.2 Å². The standard InChI is InChI=1S/C23H35N5O8/c1-4-11(2)19(28-21(33)18(25)12(3)29)22(34)26-15(10-17(24)31)20(32)27-16(23(35)36)9-13-5-7-14(30)8-6-13/h5-8,11-12,15-16,18-19,29-30H,4,9-10,25H2,1-3H3,(H2,24,31)(H,26,34)(H,27,32)(H,28,33)(H,35,36). The maximum absolute atomic E-state index is 13.0. The van der Waals surface area contributed by atoms with Gasteiger partial charge in [0.2, 0.25) is 23.6 Å². The molecule has 0 aliphatic carbocycles. The van der Waals surface area contributed by atoms with Crippen molar-refractivity contribution < 1.29 is 39.3 Å². The van der Waals surface area contributed by atoms with Crippen molar-refractivity contribution in [3.8, 4) is 5.75 Å². The summed E-state index contributed by atoms with van der Waals surface area (Å²) in [4.78, 5) is 61.5. The minimum atomic E-state index is -1.52. The van der Waals surface area contributed by atoms with Crippen LogP contribution in [0.25, 0.3) is 0 Å². The molecular weight excluding hydrogens is 474 g/mol. The fourth-order valence-corrected chi connectivity index (χ4v) is 3.18. The Bertz CT molecular complexity index is 937. The van der Waals surface area contributed by atoms with Gasteiger partial charge in [0, 0.05) is 6.42 Å². The van der Waals surface area contributed by atoms with Gasteiger partial charge in [0.15, 0.2) is 0 Å². The van der Waals surface area contributed by atoms with E-state index in [9.17, 15) is 39.3 Å². The van der Waals surface area contributed by atoms with Crippen molar-refractivity contribution in [1.82, 2.24) is 16.0 Å². The summed E-state index contributed by atoms with van der Waals surface area (Å²) in [5, 5.41) is 35.6. The molecule has 13 nitrogen and oxygen atoms in total. The van der Waals surface area contributed by atoms with E-state index in [2.05, 4.69) is 16.0 Å². The minimum Gasteiger partial charge on any atom is -0.508 e. The van der Waals surface area contributed by atoms with Crippen molar-refractivity contribution in [3.63, 3.8) is 0 Å². The Kier molecular flexibility index (Phi) is 11.8. The highest BCUT2D eigenvalue weighted by molar-refractivity contribution is 5.96. The van der Waals surface area contributed by atoms with Crippen LogP contribution >= 0.6 is 0 Å². The molecule has 6 atom stereocenters. The smallest absolute Gasteiger partial charge is 0.326 e. The molecule has 0 aromatic heterocycles. The Balaban J connectivity index is 3.06. The van der Waals surface area contributed by atoms with Crippen molar-refractivity contribution in [1.29, 1.82) is 0 Å². The fraction of sp³-hybridized carbons (Fsp3) is 0.522. The van der Waals surface area contributed by atoms with E-state index in [1.54, 1.807) is 13.8 Å². The maximum atomic E-state index is 13.0. The lowest BCUT2D eigenvalue weighted by atomic mass is 9.97. The third-order valence-corrected chi connectivity index (χ3v) is 5.64. The summed E-state index contributed by atoms with van der Waals surface area (Å²) >= 11 is 0. The summed E-state index contributed by atoms with van der Waals surface area (Å²) in [6, 6.07) is 0.286. The molecule has 36 heavy (non-hydrogen) atoms. The molecule has 1 aromatic carbocycles. The maximum Gasteiger partial charge on any atom is 0.326 e. The summed E-state index contributed by atoms with van der Waals surface area (Å²) in [5.74, 6) is -5.31. The number of hydrogen-bond donors (Lipinski definition) is 8. The van der Waals surface area contributed by atoms with Crippen LogP contribution < -0.4 is 27.4 Å². The molecule has 200 valence electrons. The van der Waals surface area contributed by atoms with E-state index in [0.29, 0.717) is 12.0 Å². The number of carbonyl (C=O) groups excluding carboxylic acids is 4. The van der Waals surface area contributed by atoms with Gasteiger partial charge in [-0.2, -0.15) is 0 Å². The van der Waals surface area contributed by atoms with Crippen molar-refractivity contribution in [2.75, 3.05) is 0 Å². The molecule has 10 N–H and O–H groups in total. The molecule has 1 rings (SSSR count). The molecule has 0 heterocycles. The third kappa shape index (κ3) is 9.50. The van der Waals surface area contributed by atoms with E-state index < -0.39 is 72.2 Å². The Labute approximate surface area is 208 Å². The number of carboxylic acids is 1. The van der Waals surface area contributed by atoms with Crippen LogP contribution in [0.4, 0.5) is 0 Å². The molecule has 1 aromatic rings. The van der Waals surface area contributed by atoms with Crippen LogP contribution in [0.5, 0.6) is 5.75 Å². The molecule has 4 amide bonds. The number of nitrogens with one attached hydrogen (secondary N) is 3. The van der Waals surface area contributed by atoms with Gasteiger partial charge in [0.1, 0.15) is 29.9 Å². The number of carboxylic acid groups (broad SMARTS) is 1. The number of aliphatic hydroxyl groups excluding tert-OH is 1. The van der Waals surface area contributed by atoms with E-state index in [0.717, 1.165) is 0 Å². The highest BCUT2D eigenvalue weighted by Gasteiger charge is 2.33. The lowest BCUT2D eigenvalue weighted by molar-refractivity contribution is -0.142. The summed E-state index contributed by atoms with van der Waals surface area (Å²) in [6.07, 6.45) is -1.50. The molecule has 0 spiro atoms. The first-order valence-corrected chi connectivity index (χ1v) is 11.4. The number of benzene rings is 1. The zero-order chi connectivity index (χ0) is 27.6. The number of phenolic OH excluding ortho intramolecular Hbond substituents is 1. The molecule has 0 aliphatic rings. The largest absolute Gasteiger partial charge is 0.508 e. The van der Waals surface area contributed by atoms with E-state index >= 15 is 0 Å². The van der Waals surface area contributed by atoms with E-state index in [1.165, 1.54) is 31.2 Å². The van der Waals surface area contributed by atoms with Crippen molar-refractivity contribution >= 4 is 29.6 Å². The van der Waals surface area contributed by atoms with Gasteiger partial charge >= 0.3 is 5.97 Å². The van der Waals surface area contributed by atoms with E-state index in [-0.39, 0.29) is 12.2 Å². The monoisotopic (exact) mass is 509 g/mol. The lowest BCUT2D eigenvalue weighted by Gasteiger charge is -2.28. The van der Waals surface area contributed by atoms with Gasteiger partial charge < -0.3 is 42.7 Å². The van der Waals surface area contributed by atoms with Gasteiger partial charge in [-0.25, -0.2) is 4.79 Å². The van der Waals surface area contributed by atoms with E-state index in [1.807, 2.05) is 0 Å². The zero-order valence-corrected chi connectivity index (χ0v) is 20.4. The second-order valence-corrected chi connectivity index (χ2v) is 8.64. The number of rotatable bonds is 14. The van der Waals surface area contributed by atoms with Crippen molar-refractivity contribution in [3.05, 3.63) is 29.8 Å². The number of aliphatic hydroxyl groups is 1. The second-order valence-electron chi connectivity index (χ2n) is 8.64. The number of primary amides is 1. The number of aliphatic carboxylic acids is 1. The minimum absolute atomic E-state index is 0.0174. The SMILES string of the molecule is CCC(C)C(NC(=O)C(N)C(C)O)C(=O)NC(CC(N)=O)C(=O)NC(Cc1ccc(O)cc1)C(=O)O. The Morgan fingerprint density at radius 3 is 1.94 bits per heavy atom. The van der Waals surface area contributed by atoms with Gasteiger partial charge in [-0.05, 0) is 30.5 Å². The van der Waals surface area contributed by atoms with Gasteiger partial charge in [0.05, 0.1) is 12.5 Å². The Morgan fingerprint density at radius 1 is 0.917 bits per heavy atom. The van der Waals surface area contributed by atoms with Gasteiger partial charge in [-0.3, -0.25) is 19.2 Å². The molecule has 0 fully saturated rings. The lowest BCUT2D eigenvalue weighted by Crippen LogP contribution is -2.60. The summed E-state index contributed by atoms with van der Waals surface area (Å²) in [5.41, 5.74) is 11.4. The Morgan fingerprint density at radius 2 is 1.47 bits per heavy atom. The van der Waals surface area contributed by atoms with Crippen LogP contribution in [0.3, 0.4) is 0 Å². The summed E-state index contributed by atoms with van der Waals surface area (Å²) < 4.78 is 0. The van der Waals surface area contributed by atoms with E-state index in [4.69, 9.17) is 11.5 Å². The van der Waals surface area contributed by atoms with Gasteiger partial charge in [-0.1, -0.05) is 32.4 Å². The third-order valence-electron chi connectivity index (χ3n) is 5.64. The molecule has 0 saturated heterocycles. The molecule has 0 saturated carbocycles. The summed E-state index contributed by atoms with van der Waals surface area (Å²) in [6.45, 7) is 4.74. The number of aromatic hydroxyl groups is 1. The first-order valence-electron chi connectivity index (χ1n) is 11.4. The average molecular weight is 510 g/mol. The number of nitrogens with two attached hydrogens (primary N) is 2. The predicted octanol–water partition coefficient (Wildman–Crippen LogP) is -1.90. The normalized spacial score (nSPS) is 15.9. The van der Waals surface area contributed by atoms with Crippen LogP contribution in [-0.2, 0) is 30.4 Å².